The molecule has 1 saturated carbocycles. The molecule has 3 aliphatic rings. The van der Waals surface area contributed by atoms with Crippen LogP contribution in [0.15, 0.2) is 30.5 Å². The van der Waals surface area contributed by atoms with Crippen LogP contribution in [0, 0.1) is 6.92 Å². The van der Waals surface area contributed by atoms with E-state index in [1.54, 1.807) is 6.20 Å². The molecule has 2 fully saturated rings. The summed E-state index contributed by atoms with van der Waals surface area (Å²) in [7, 11) is 0. The second-order valence-electron chi connectivity index (χ2n) is 11.5. The maximum absolute atomic E-state index is 12.4. The smallest absolute Gasteiger partial charge is 0.240 e. The number of pyridine rings is 1. The largest absolute Gasteiger partial charge is 0.339 e. The molecule has 2 aromatic rings. The zero-order valence-corrected chi connectivity index (χ0v) is 21.0. The van der Waals surface area contributed by atoms with E-state index in [1.807, 2.05) is 12.1 Å². The lowest BCUT2D eigenvalue weighted by molar-refractivity contribution is -0.133. The number of benzene rings is 1. The highest BCUT2D eigenvalue weighted by Gasteiger charge is 2.46. The van der Waals surface area contributed by atoms with Gasteiger partial charge in [0.25, 0.3) is 0 Å². The number of hydrogen-bond donors (Lipinski definition) is 0. The second-order valence-corrected chi connectivity index (χ2v) is 11.5. The molecule has 0 spiro atoms. The van der Waals surface area contributed by atoms with E-state index in [-0.39, 0.29) is 22.4 Å². The van der Waals surface area contributed by atoms with E-state index < -0.39 is 11.7 Å². The van der Waals surface area contributed by atoms with E-state index in [4.69, 9.17) is 14.5 Å². The summed E-state index contributed by atoms with van der Waals surface area (Å²) in [6.07, 6.45) is 5.50. The van der Waals surface area contributed by atoms with Crippen molar-refractivity contribution in [3.05, 3.63) is 64.0 Å². The van der Waals surface area contributed by atoms with Crippen LogP contribution in [0.3, 0.4) is 0 Å². The number of carbonyl (C=O) groups is 2. The molecule has 5 rings (SSSR count). The molecule has 5 nitrogen and oxygen atoms in total. The van der Waals surface area contributed by atoms with Gasteiger partial charge in [-0.15, -0.1) is 0 Å². The highest BCUT2D eigenvalue weighted by Crippen LogP contribution is 2.49. The van der Waals surface area contributed by atoms with Crippen LogP contribution in [-0.2, 0) is 35.7 Å². The third-order valence-corrected chi connectivity index (χ3v) is 8.19. The third-order valence-electron chi connectivity index (χ3n) is 8.19. The molecule has 0 bridgehead atoms. The second kappa shape index (κ2) is 8.10. The van der Waals surface area contributed by atoms with E-state index in [0.29, 0.717) is 43.7 Å². The van der Waals surface area contributed by atoms with Crippen LogP contribution in [-0.4, -0.2) is 29.8 Å². The molecule has 1 saturated heterocycles. The lowest BCUT2D eigenvalue weighted by Gasteiger charge is -2.43. The number of rotatable bonds is 3. The number of aryl methyl sites for hydroxylation is 1. The van der Waals surface area contributed by atoms with Crippen molar-refractivity contribution >= 4 is 11.6 Å². The van der Waals surface area contributed by atoms with Crippen molar-refractivity contribution in [2.45, 2.75) is 89.3 Å². The number of aromatic nitrogens is 1. The molecule has 0 radical (unpaired) electrons. The van der Waals surface area contributed by atoms with Gasteiger partial charge in [0.15, 0.2) is 0 Å². The van der Waals surface area contributed by atoms with Crippen LogP contribution < -0.4 is 0 Å². The van der Waals surface area contributed by atoms with Gasteiger partial charge in [-0.3, -0.25) is 14.6 Å². The number of ether oxygens (including phenoxy) is 2. The van der Waals surface area contributed by atoms with Crippen LogP contribution in [0.5, 0.6) is 0 Å². The molecule has 0 N–H and O–H groups in total. The van der Waals surface area contributed by atoms with Crippen LogP contribution in [0.1, 0.15) is 99.2 Å². The quantitative estimate of drug-likeness (QED) is 0.573. The third kappa shape index (κ3) is 3.64. The Morgan fingerprint density at radius 1 is 0.853 bits per heavy atom. The molecule has 0 amide bonds. The summed E-state index contributed by atoms with van der Waals surface area (Å²) >= 11 is 0. The fraction of sp³-hybridized carbons (Fsp3) is 0.552. The standard InChI is InChI=1S/C29H35NO4/c1-18-15-21-22(28(4,5)12-11-27(21,2)3)16-20(18)29(33-13-14-34-29)25-10-9-19(17-30-25)26-23(31)7-6-8-24(26)32/h9-10,15-17,26H,6-8,11-14H2,1-5H3. The Labute approximate surface area is 202 Å². The average Bonchev–Trinajstić information content (AvgIpc) is 3.28. The van der Waals surface area contributed by atoms with Gasteiger partial charge in [-0.05, 0) is 71.4 Å². The number of fused-ring (bicyclic) bond motifs is 1. The minimum absolute atomic E-state index is 0.00995. The molecule has 34 heavy (non-hydrogen) atoms. The Morgan fingerprint density at radius 2 is 1.44 bits per heavy atom. The minimum Gasteiger partial charge on any atom is -0.339 e. The summed E-state index contributed by atoms with van der Waals surface area (Å²) in [6.45, 7) is 12.4. The maximum Gasteiger partial charge on any atom is 0.240 e. The SMILES string of the molecule is Cc1cc2c(cc1C1(c3ccc(C4C(=O)CCCC4=O)cn3)OCCO1)C(C)(C)CCC2(C)C. The molecule has 1 aliphatic heterocycles. The topological polar surface area (TPSA) is 65.5 Å². The summed E-state index contributed by atoms with van der Waals surface area (Å²) in [5.74, 6) is -1.80. The summed E-state index contributed by atoms with van der Waals surface area (Å²) in [5, 5.41) is 0. The van der Waals surface area contributed by atoms with Crippen molar-refractivity contribution in [3.63, 3.8) is 0 Å². The number of ketones is 2. The van der Waals surface area contributed by atoms with Crippen molar-refractivity contribution in [1.82, 2.24) is 4.98 Å². The van der Waals surface area contributed by atoms with Gasteiger partial charge in [0.2, 0.25) is 5.79 Å². The molecule has 2 aliphatic carbocycles. The van der Waals surface area contributed by atoms with Crippen LogP contribution in [0.25, 0.3) is 0 Å². The van der Waals surface area contributed by atoms with E-state index in [0.717, 1.165) is 24.0 Å². The van der Waals surface area contributed by atoms with Gasteiger partial charge in [0.05, 0.1) is 13.2 Å². The van der Waals surface area contributed by atoms with Crippen molar-refractivity contribution < 1.29 is 19.1 Å². The lowest BCUT2D eigenvalue weighted by atomic mass is 9.62. The molecule has 2 heterocycles. The van der Waals surface area contributed by atoms with Gasteiger partial charge in [-0.1, -0.05) is 39.8 Å². The Hall–Kier alpha value is -2.37. The first-order valence-corrected chi connectivity index (χ1v) is 12.5. The van der Waals surface area contributed by atoms with Crippen molar-refractivity contribution in [2.24, 2.45) is 0 Å². The summed E-state index contributed by atoms with van der Waals surface area (Å²) in [4.78, 5) is 29.6. The van der Waals surface area contributed by atoms with Crippen LogP contribution in [0.4, 0.5) is 0 Å². The molecular weight excluding hydrogens is 426 g/mol. The van der Waals surface area contributed by atoms with Crippen LogP contribution in [0.2, 0.25) is 0 Å². The molecular formula is C29H35NO4. The average molecular weight is 462 g/mol. The normalized spacial score (nSPS) is 23.7. The van der Waals surface area contributed by atoms with Crippen molar-refractivity contribution in [3.8, 4) is 0 Å². The fourth-order valence-electron chi connectivity index (χ4n) is 5.98. The van der Waals surface area contributed by atoms with Crippen molar-refractivity contribution in [1.29, 1.82) is 0 Å². The highest BCUT2D eigenvalue weighted by atomic mass is 16.7. The van der Waals surface area contributed by atoms with Gasteiger partial charge >= 0.3 is 0 Å². The zero-order valence-electron chi connectivity index (χ0n) is 21.0. The van der Waals surface area contributed by atoms with Gasteiger partial charge in [0, 0.05) is 24.6 Å². The number of hydrogen-bond acceptors (Lipinski definition) is 5. The van der Waals surface area contributed by atoms with E-state index >= 15 is 0 Å². The van der Waals surface area contributed by atoms with Gasteiger partial charge in [0.1, 0.15) is 23.2 Å². The molecule has 1 aromatic heterocycles. The van der Waals surface area contributed by atoms with E-state index in [1.165, 1.54) is 11.1 Å². The summed E-state index contributed by atoms with van der Waals surface area (Å²) in [5.41, 5.74) is 6.35. The number of nitrogens with zero attached hydrogens (tertiary/aromatic N) is 1. The van der Waals surface area contributed by atoms with Crippen LogP contribution >= 0.6 is 0 Å². The first kappa shape index (κ1) is 23.4. The molecule has 0 atom stereocenters. The fourth-order valence-corrected chi connectivity index (χ4v) is 5.98. The highest BCUT2D eigenvalue weighted by molar-refractivity contribution is 6.09. The first-order chi connectivity index (χ1) is 16.1. The summed E-state index contributed by atoms with van der Waals surface area (Å²) < 4.78 is 12.6. The first-order valence-electron chi connectivity index (χ1n) is 12.5. The minimum atomic E-state index is -1.09. The Morgan fingerprint density at radius 3 is 2.00 bits per heavy atom. The zero-order chi connectivity index (χ0) is 24.3. The van der Waals surface area contributed by atoms with Gasteiger partial charge in [-0.2, -0.15) is 0 Å². The predicted octanol–water partition coefficient (Wildman–Crippen LogP) is 5.39. The number of carbonyl (C=O) groups excluding carboxylic acids is 2. The predicted molar refractivity (Wildman–Crippen MR) is 130 cm³/mol. The Bertz CT molecular complexity index is 1120. The maximum atomic E-state index is 12.4. The van der Waals surface area contributed by atoms with Crippen molar-refractivity contribution in [2.75, 3.05) is 13.2 Å². The molecule has 180 valence electrons. The summed E-state index contributed by atoms with van der Waals surface area (Å²) in [6, 6.07) is 8.30. The Balaban J connectivity index is 1.60. The monoisotopic (exact) mass is 461 g/mol. The Kier molecular flexibility index (Phi) is 5.57. The van der Waals surface area contributed by atoms with Gasteiger partial charge in [-0.25, -0.2) is 0 Å². The lowest BCUT2D eigenvalue weighted by Crippen LogP contribution is -2.36. The molecule has 5 heteroatoms. The molecule has 1 aromatic carbocycles. The van der Waals surface area contributed by atoms with E-state index in [2.05, 4.69) is 46.8 Å². The van der Waals surface area contributed by atoms with Gasteiger partial charge < -0.3 is 9.47 Å². The molecule has 0 unspecified atom stereocenters. The van der Waals surface area contributed by atoms with E-state index in [9.17, 15) is 9.59 Å². The number of Topliss-reactive ketones (excluding diaryl/α,β-unsaturated/α-hetero) is 2.